The van der Waals surface area contributed by atoms with Crippen molar-refractivity contribution in [3.8, 4) is 5.75 Å². The van der Waals surface area contributed by atoms with Crippen molar-refractivity contribution < 1.29 is 44.9 Å². The Labute approximate surface area is 233 Å². The van der Waals surface area contributed by atoms with Gasteiger partial charge in [0.05, 0.1) is 16.3 Å². The molecular formula is C27H23ClF3NO7S. The molecule has 0 atom stereocenters. The van der Waals surface area contributed by atoms with Crippen LogP contribution in [0.4, 0.5) is 18.9 Å². The van der Waals surface area contributed by atoms with Crippen molar-refractivity contribution in [2.24, 2.45) is 0 Å². The molecule has 8 nitrogen and oxygen atoms in total. The zero-order chi connectivity index (χ0) is 29.5. The number of nitrogens with one attached hydrogen (secondary N) is 1. The van der Waals surface area contributed by atoms with Gasteiger partial charge in [-0.3, -0.25) is 14.4 Å². The number of halogens is 4. The lowest BCUT2D eigenvalue weighted by Crippen LogP contribution is -2.16. The first kappa shape index (κ1) is 30.6. The Balaban J connectivity index is 1.43. The number of anilines is 1. The maximum atomic E-state index is 12.9. The number of ether oxygens (including phenoxy) is 1. The topological polar surface area (TPSA) is 116 Å². The Bertz CT molecular complexity index is 1490. The average Bonchev–Trinajstić information content (AvgIpc) is 2.88. The van der Waals surface area contributed by atoms with Gasteiger partial charge in [0.15, 0.2) is 12.4 Å². The van der Waals surface area contributed by atoms with Crippen LogP contribution in [0.15, 0.2) is 71.6 Å². The van der Waals surface area contributed by atoms with Gasteiger partial charge in [-0.2, -0.15) is 21.6 Å². The van der Waals surface area contributed by atoms with Crippen LogP contribution in [0.25, 0.3) is 0 Å². The van der Waals surface area contributed by atoms with Crippen molar-refractivity contribution >= 4 is 45.1 Å². The van der Waals surface area contributed by atoms with Crippen LogP contribution >= 0.6 is 11.6 Å². The highest BCUT2D eigenvalue weighted by atomic mass is 35.5. The van der Waals surface area contributed by atoms with Gasteiger partial charge >= 0.3 is 22.3 Å². The second-order valence-electron chi connectivity index (χ2n) is 8.55. The minimum absolute atomic E-state index is 0.0108. The van der Waals surface area contributed by atoms with Gasteiger partial charge in [-0.05, 0) is 67.9 Å². The number of alkyl halides is 3. The molecule has 1 N–H and O–H groups in total. The van der Waals surface area contributed by atoms with Crippen LogP contribution in [-0.4, -0.2) is 32.7 Å². The molecule has 212 valence electrons. The summed E-state index contributed by atoms with van der Waals surface area (Å²) in [5.41, 5.74) is -0.161. The third-order valence-electron chi connectivity index (χ3n) is 5.41. The zero-order valence-corrected chi connectivity index (χ0v) is 22.5. The van der Waals surface area contributed by atoms with Crippen molar-refractivity contribution in [3.05, 3.63) is 88.4 Å². The summed E-state index contributed by atoms with van der Waals surface area (Å²) in [6.07, 6.45) is -5.02. The van der Waals surface area contributed by atoms with Gasteiger partial charge in [-0.15, -0.1) is 0 Å². The number of carbonyl (C=O) groups excluding carboxylic acids is 3. The fourth-order valence-corrected chi connectivity index (χ4v) is 4.38. The van der Waals surface area contributed by atoms with Gasteiger partial charge < -0.3 is 14.2 Å². The van der Waals surface area contributed by atoms with Gasteiger partial charge in [-0.25, -0.2) is 0 Å². The number of hydrogen-bond acceptors (Lipinski definition) is 7. The molecule has 0 aromatic heterocycles. The van der Waals surface area contributed by atoms with Crippen LogP contribution < -0.4 is 9.50 Å². The summed E-state index contributed by atoms with van der Waals surface area (Å²) < 4.78 is 73.3. The number of hydrogen-bond donors (Lipinski definition) is 1. The van der Waals surface area contributed by atoms with Crippen LogP contribution in [0, 0.1) is 6.92 Å². The van der Waals surface area contributed by atoms with Gasteiger partial charge in [0.1, 0.15) is 10.6 Å². The lowest BCUT2D eigenvalue weighted by atomic mass is 10.1. The molecule has 0 heterocycles. The molecule has 3 aromatic rings. The first-order chi connectivity index (χ1) is 18.7. The van der Waals surface area contributed by atoms with Crippen molar-refractivity contribution in [2.75, 3.05) is 11.9 Å². The van der Waals surface area contributed by atoms with Crippen molar-refractivity contribution in [1.82, 2.24) is 0 Å². The number of amides is 1. The highest BCUT2D eigenvalue weighted by molar-refractivity contribution is 7.87. The van der Waals surface area contributed by atoms with E-state index in [0.29, 0.717) is 6.07 Å². The second-order valence-corrected chi connectivity index (χ2v) is 10.5. The standard InChI is InChI=1S/C27H23ClF3NO7S/c1-17-5-12-21(13-6-17)40(36,37)39-20-10-7-18(8-11-20)24(33)16-38-26(35)4-2-3-25(34)32-23-15-19(27(29,30)31)9-14-22(23)28/h5-15H,2-4,16H2,1H3,(H,32,34). The minimum Gasteiger partial charge on any atom is -0.457 e. The zero-order valence-electron chi connectivity index (χ0n) is 21.0. The summed E-state index contributed by atoms with van der Waals surface area (Å²) in [5, 5.41) is 2.20. The first-order valence-electron chi connectivity index (χ1n) is 11.7. The Morgan fingerprint density at radius 1 is 0.925 bits per heavy atom. The monoisotopic (exact) mass is 597 g/mol. The van der Waals surface area contributed by atoms with Gasteiger partial charge in [0.25, 0.3) is 0 Å². The number of esters is 1. The molecule has 0 spiro atoms. The molecular weight excluding hydrogens is 575 g/mol. The van der Waals surface area contributed by atoms with E-state index in [1.807, 2.05) is 6.92 Å². The predicted molar refractivity (Wildman–Crippen MR) is 140 cm³/mol. The Morgan fingerprint density at radius 2 is 1.57 bits per heavy atom. The summed E-state index contributed by atoms with van der Waals surface area (Å²) in [7, 11) is -4.06. The van der Waals surface area contributed by atoms with E-state index in [1.165, 1.54) is 36.4 Å². The van der Waals surface area contributed by atoms with Crippen LogP contribution in [0.1, 0.15) is 40.7 Å². The van der Waals surface area contributed by atoms with Crippen molar-refractivity contribution in [1.29, 1.82) is 0 Å². The average molecular weight is 598 g/mol. The predicted octanol–water partition coefficient (Wildman–Crippen LogP) is 5.97. The molecule has 40 heavy (non-hydrogen) atoms. The lowest BCUT2D eigenvalue weighted by molar-refractivity contribution is -0.142. The molecule has 3 aromatic carbocycles. The highest BCUT2D eigenvalue weighted by Crippen LogP contribution is 2.34. The van der Waals surface area contributed by atoms with E-state index in [1.54, 1.807) is 12.1 Å². The van der Waals surface area contributed by atoms with E-state index in [0.717, 1.165) is 17.7 Å². The van der Waals surface area contributed by atoms with Gasteiger partial charge in [0, 0.05) is 18.4 Å². The number of rotatable bonds is 11. The second kappa shape index (κ2) is 13.0. The molecule has 1 amide bonds. The van der Waals surface area contributed by atoms with E-state index in [2.05, 4.69) is 5.32 Å². The molecule has 0 aliphatic rings. The fraction of sp³-hybridized carbons (Fsp3) is 0.222. The molecule has 0 aliphatic heterocycles. The molecule has 0 saturated heterocycles. The molecule has 0 saturated carbocycles. The van der Waals surface area contributed by atoms with Crippen LogP contribution in [0.3, 0.4) is 0 Å². The summed E-state index contributed by atoms with van der Waals surface area (Å²) in [6, 6.07) is 13.8. The summed E-state index contributed by atoms with van der Waals surface area (Å²) >= 11 is 5.84. The van der Waals surface area contributed by atoms with Gasteiger partial charge in [0.2, 0.25) is 5.91 Å². The van der Waals surface area contributed by atoms with Crippen molar-refractivity contribution in [3.63, 3.8) is 0 Å². The van der Waals surface area contributed by atoms with E-state index < -0.39 is 46.1 Å². The number of carbonyl (C=O) groups is 3. The molecule has 0 radical (unpaired) electrons. The van der Waals surface area contributed by atoms with E-state index in [-0.39, 0.29) is 46.2 Å². The normalized spacial score (nSPS) is 11.5. The smallest absolute Gasteiger partial charge is 0.416 e. The van der Waals surface area contributed by atoms with E-state index >= 15 is 0 Å². The SMILES string of the molecule is Cc1ccc(S(=O)(=O)Oc2ccc(C(=O)COC(=O)CCCC(=O)Nc3cc(C(F)(F)F)ccc3Cl)cc2)cc1. The molecule has 0 fully saturated rings. The molecule has 0 bridgehead atoms. The summed E-state index contributed by atoms with van der Waals surface area (Å²) in [6.45, 7) is 1.22. The number of aryl methyl sites for hydroxylation is 1. The molecule has 0 unspecified atom stereocenters. The minimum atomic E-state index is -4.61. The third kappa shape index (κ3) is 8.82. The molecule has 13 heteroatoms. The maximum absolute atomic E-state index is 12.9. The van der Waals surface area contributed by atoms with Gasteiger partial charge in [-0.1, -0.05) is 29.3 Å². The fourth-order valence-electron chi connectivity index (χ4n) is 3.28. The van der Waals surface area contributed by atoms with Crippen LogP contribution in [-0.2, 0) is 30.6 Å². The Hall–Kier alpha value is -3.90. The van der Waals surface area contributed by atoms with E-state index in [9.17, 15) is 36.0 Å². The Morgan fingerprint density at radius 3 is 2.20 bits per heavy atom. The number of benzene rings is 3. The van der Waals surface area contributed by atoms with E-state index in [4.69, 9.17) is 20.5 Å². The molecule has 0 aliphatic carbocycles. The molecule has 3 rings (SSSR count). The van der Waals surface area contributed by atoms with Crippen LogP contribution in [0.5, 0.6) is 5.75 Å². The maximum Gasteiger partial charge on any atom is 0.416 e. The van der Waals surface area contributed by atoms with Crippen LogP contribution in [0.2, 0.25) is 5.02 Å². The largest absolute Gasteiger partial charge is 0.457 e. The number of ketones is 1. The quantitative estimate of drug-likeness (QED) is 0.164. The highest BCUT2D eigenvalue weighted by Gasteiger charge is 2.31. The first-order valence-corrected chi connectivity index (χ1v) is 13.5. The lowest BCUT2D eigenvalue weighted by Gasteiger charge is -2.11. The Kier molecular flexibility index (Phi) is 9.93. The summed E-state index contributed by atoms with van der Waals surface area (Å²) in [5.74, 6) is -1.99. The van der Waals surface area contributed by atoms with Crippen molar-refractivity contribution in [2.45, 2.75) is 37.3 Å². The third-order valence-corrected chi connectivity index (χ3v) is 7.00. The number of Topliss-reactive ketones (excluding diaryl/α,β-unsaturated/α-hetero) is 1. The summed E-state index contributed by atoms with van der Waals surface area (Å²) in [4.78, 5) is 36.3.